The summed E-state index contributed by atoms with van der Waals surface area (Å²) in [7, 11) is -2.51. The average molecular weight is 673 g/mol. The van der Waals surface area contributed by atoms with Crippen molar-refractivity contribution in [2.45, 2.75) is 244 Å². The Morgan fingerprint density at radius 2 is 0.565 bits per heavy atom. The molecule has 0 aromatic heterocycles. The normalized spacial score (nSPS) is 13.7. The Labute approximate surface area is 290 Å². The van der Waals surface area contributed by atoms with Gasteiger partial charge in [0.2, 0.25) is 0 Å². The third-order valence-corrected chi connectivity index (χ3v) is 10.5. The Kier molecular flexibility index (Phi) is 39.6. The van der Waals surface area contributed by atoms with Gasteiger partial charge in [0.1, 0.15) is 0 Å². The molecule has 278 valence electrons. The summed E-state index contributed by atoms with van der Waals surface area (Å²) in [5.74, 6) is 0. The molecule has 4 N–H and O–H groups in total. The van der Waals surface area contributed by atoms with Crippen molar-refractivity contribution in [3.63, 3.8) is 0 Å². The molecule has 0 saturated heterocycles. The van der Waals surface area contributed by atoms with E-state index in [2.05, 4.69) is 13.8 Å². The van der Waals surface area contributed by atoms with Gasteiger partial charge in [0.15, 0.2) is 0 Å². The number of hydrogen-bond acceptors (Lipinski definition) is 5. The lowest BCUT2D eigenvalue weighted by Crippen LogP contribution is -2.26. The molecule has 6 heteroatoms. The standard InChI is InChI=1S/C40H85N2O3P/c1-3-5-7-9-11-13-15-17-19-21-23-25-27-29-31-33-35-39(41)37-44-46(43)45-38-40(42)36-34-32-30-28-26-24-22-20-18-16-14-12-10-8-6-4-2/h39-40,46H,3-38,41-42H2,1-2H3. The van der Waals surface area contributed by atoms with Crippen LogP contribution in [0.3, 0.4) is 0 Å². The Morgan fingerprint density at radius 3 is 0.783 bits per heavy atom. The molecule has 0 aliphatic rings. The summed E-state index contributed by atoms with van der Waals surface area (Å²) >= 11 is 0. The van der Waals surface area contributed by atoms with Crippen molar-refractivity contribution in [1.29, 1.82) is 0 Å². The maximum absolute atomic E-state index is 12.1. The van der Waals surface area contributed by atoms with E-state index in [-0.39, 0.29) is 12.1 Å². The highest BCUT2D eigenvalue weighted by Crippen LogP contribution is 2.25. The molecule has 46 heavy (non-hydrogen) atoms. The largest absolute Gasteiger partial charge is 0.326 e. The van der Waals surface area contributed by atoms with Gasteiger partial charge in [0.05, 0.1) is 13.2 Å². The Hall–Kier alpha value is 0.0700. The predicted octanol–water partition coefficient (Wildman–Crippen LogP) is 13.4. The van der Waals surface area contributed by atoms with Gasteiger partial charge in [-0.05, 0) is 12.8 Å². The van der Waals surface area contributed by atoms with Gasteiger partial charge in [-0.3, -0.25) is 4.57 Å². The van der Waals surface area contributed by atoms with Crippen LogP contribution in [0.25, 0.3) is 0 Å². The lowest BCUT2D eigenvalue weighted by atomic mass is 10.0. The SMILES string of the molecule is CCCCCCCCCCCCCCCCCCC(N)CO[PH](=O)OCC(N)CCCCCCCCCCCCCCCCCC. The van der Waals surface area contributed by atoms with E-state index in [1.54, 1.807) is 0 Å². The molecule has 0 radical (unpaired) electrons. The third kappa shape index (κ3) is 38.5. The van der Waals surface area contributed by atoms with Gasteiger partial charge in [-0.15, -0.1) is 0 Å². The number of unbranched alkanes of at least 4 members (excludes halogenated alkanes) is 30. The minimum absolute atomic E-state index is 0.0667. The van der Waals surface area contributed by atoms with E-state index in [0.29, 0.717) is 13.2 Å². The number of hydrogen-bond donors (Lipinski definition) is 2. The Bertz CT molecular complexity index is 547. The minimum atomic E-state index is -2.51. The molecule has 0 aliphatic heterocycles. The van der Waals surface area contributed by atoms with Gasteiger partial charge in [0.25, 0.3) is 0 Å². The summed E-state index contributed by atoms with van der Waals surface area (Å²) in [5, 5.41) is 0. The highest BCUT2D eigenvalue weighted by atomic mass is 31.1. The van der Waals surface area contributed by atoms with Crippen LogP contribution in [0.1, 0.15) is 232 Å². The summed E-state index contributed by atoms with van der Waals surface area (Å²) in [5.41, 5.74) is 12.4. The molecule has 0 bridgehead atoms. The first kappa shape index (κ1) is 46.1. The third-order valence-electron chi connectivity index (χ3n) is 9.69. The van der Waals surface area contributed by atoms with Crippen LogP contribution in [0.2, 0.25) is 0 Å². The predicted molar refractivity (Wildman–Crippen MR) is 205 cm³/mol. The molecule has 0 aromatic rings. The van der Waals surface area contributed by atoms with Gasteiger partial charge in [-0.25, -0.2) is 0 Å². The zero-order valence-electron chi connectivity index (χ0n) is 31.5. The molecule has 0 aromatic carbocycles. The molecular formula is C40H85N2O3P. The van der Waals surface area contributed by atoms with Crippen LogP contribution in [-0.2, 0) is 13.6 Å². The molecule has 0 amide bonds. The second-order valence-corrected chi connectivity index (χ2v) is 15.7. The molecular weight excluding hydrogens is 587 g/mol. The monoisotopic (exact) mass is 673 g/mol. The van der Waals surface area contributed by atoms with Crippen molar-refractivity contribution in [3.05, 3.63) is 0 Å². The van der Waals surface area contributed by atoms with Crippen molar-refractivity contribution in [1.82, 2.24) is 0 Å². The van der Waals surface area contributed by atoms with E-state index < -0.39 is 8.25 Å². The zero-order chi connectivity index (χ0) is 33.6. The van der Waals surface area contributed by atoms with E-state index in [0.717, 1.165) is 25.7 Å². The molecule has 5 nitrogen and oxygen atoms in total. The number of rotatable bonds is 40. The van der Waals surface area contributed by atoms with Gasteiger partial charge in [-0.1, -0.05) is 219 Å². The maximum Gasteiger partial charge on any atom is 0.319 e. The first-order valence-electron chi connectivity index (χ1n) is 20.9. The lowest BCUT2D eigenvalue weighted by Gasteiger charge is -2.14. The van der Waals surface area contributed by atoms with E-state index >= 15 is 0 Å². The van der Waals surface area contributed by atoms with Crippen LogP contribution in [0.15, 0.2) is 0 Å². The van der Waals surface area contributed by atoms with Gasteiger partial charge >= 0.3 is 8.25 Å². The Balaban J connectivity index is 3.36. The minimum Gasteiger partial charge on any atom is -0.326 e. The maximum atomic E-state index is 12.1. The molecule has 2 atom stereocenters. The van der Waals surface area contributed by atoms with E-state index in [4.69, 9.17) is 20.5 Å². The molecule has 0 heterocycles. The highest BCUT2D eigenvalue weighted by molar-refractivity contribution is 7.33. The number of nitrogens with two attached hydrogens (primary N) is 2. The van der Waals surface area contributed by atoms with Crippen LogP contribution in [0, 0.1) is 0 Å². The lowest BCUT2D eigenvalue weighted by molar-refractivity contribution is 0.200. The highest BCUT2D eigenvalue weighted by Gasteiger charge is 2.09. The van der Waals surface area contributed by atoms with Crippen molar-refractivity contribution in [2.24, 2.45) is 11.5 Å². The quantitative estimate of drug-likeness (QED) is 0.0499. The van der Waals surface area contributed by atoms with Crippen LogP contribution in [-0.4, -0.2) is 25.3 Å². The van der Waals surface area contributed by atoms with Gasteiger partial charge in [-0.2, -0.15) is 0 Å². The summed E-state index contributed by atoms with van der Waals surface area (Å²) < 4.78 is 23.0. The second kappa shape index (κ2) is 39.5. The first-order chi connectivity index (χ1) is 22.6. The summed E-state index contributed by atoms with van der Waals surface area (Å²) in [6.45, 7) is 5.19. The fourth-order valence-electron chi connectivity index (χ4n) is 6.47. The van der Waals surface area contributed by atoms with Gasteiger partial charge in [0, 0.05) is 12.1 Å². The molecule has 0 rings (SSSR count). The van der Waals surface area contributed by atoms with E-state index in [9.17, 15) is 4.57 Å². The smallest absolute Gasteiger partial charge is 0.319 e. The van der Waals surface area contributed by atoms with E-state index in [1.807, 2.05) is 0 Å². The van der Waals surface area contributed by atoms with Crippen molar-refractivity contribution >= 4 is 8.25 Å². The van der Waals surface area contributed by atoms with Crippen molar-refractivity contribution < 1.29 is 13.6 Å². The zero-order valence-corrected chi connectivity index (χ0v) is 32.5. The van der Waals surface area contributed by atoms with Crippen LogP contribution in [0.5, 0.6) is 0 Å². The van der Waals surface area contributed by atoms with Crippen LogP contribution in [0.4, 0.5) is 0 Å². The van der Waals surface area contributed by atoms with Crippen LogP contribution >= 0.6 is 8.25 Å². The fourth-order valence-corrected chi connectivity index (χ4v) is 7.25. The summed E-state index contributed by atoms with van der Waals surface area (Å²) in [6, 6.07) is -0.133. The summed E-state index contributed by atoms with van der Waals surface area (Å²) in [4.78, 5) is 0. The average Bonchev–Trinajstić information content (AvgIpc) is 3.06. The molecule has 0 fully saturated rings. The second-order valence-electron chi connectivity index (χ2n) is 14.6. The topological polar surface area (TPSA) is 87.6 Å². The summed E-state index contributed by atoms with van der Waals surface area (Å²) in [6.07, 6.45) is 45.7. The van der Waals surface area contributed by atoms with E-state index in [1.165, 1.54) is 193 Å². The van der Waals surface area contributed by atoms with Crippen molar-refractivity contribution in [2.75, 3.05) is 13.2 Å². The Morgan fingerprint density at radius 1 is 0.370 bits per heavy atom. The van der Waals surface area contributed by atoms with Gasteiger partial charge < -0.3 is 20.5 Å². The first-order valence-corrected chi connectivity index (χ1v) is 22.1. The van der Waals surface area contributed by atoms with Crippen LogP contribution < -0.4 is 11.5 Å². The molecule has 0 spiro atoms. The molecule has 0 saturated carbocycles. The fraction of sp³-hybridized carbons (Fsp3) is 1.00. The molecule has 0 aliphatic carbocycles. The molecule has 2 unspecified atom stereocenters. The van der Waals surface area contributed by atoms with Crippen molar-refractivity contribution in [3.8, 4) is 0 Å².